The number of amides is 1. The number of hydrogen-bond donors (Lipinski definition) is 1. The van der Waals surface area contributed by atoms with Crippen molar-refractivity contribution in [3.05, 3.63) is 63.2 Å². The standard InChI is InChI=1S/C14H12INO2/c15-11-5-3-6-12(8-11)18-9-10-4-1-2-7-13(10)14(16)17/h1-8H,9H2,(H2,16,17). The summed E-state index contributed by atoms with van der Waals surface area (Å²) in [7, 11) is 0. The van der Waals surface area contributed by atoms with E-state index in [-0.39, 0.29) is 0 Å². The normalized spacial score (nSPS) is 10.1. The van der Waals surface area contributed by atoms with Gasteiger partial charge in [0.25, 0.3) is 0 Å². The average molecular weight is 353 g/mol. The average Bonchev–Trinajstić information content (AvgIpc) is 2.37. The number of ether oxygens (including phenoxy) is 1. The van der Waals surface area contributed by atoms with Gasteiger partial charge in [-0.1, -0.05) is 24.3 Å². The molecule has 0 heterocycles. The summed E-state index contributed by atoms with van der Waals surface area (Å²) in [5, 5.41) is 0. The Labute approximate surface area is 119 Å². The molecule has 0 bridgehead atoms. The first kappa shape index (κ1) is 12.9. The molecule has 0 unspecified atom stereocenters. The summed E-state index contributed by atoms with van der Waals surface area (Å²) in [4.78, 5) is 11.3. The van der Waals surface area contributed by atoms with Crippen LogP contribution in [0.3, 0.4) is 0 Å². The van der Waals surface area contributed by atoms with Crippen molar-refractivity contribution in [1.29, 1.82) is 0 Å². The molecule has 0 saturated heterocycles. The van der Waals surface area contributed by atoms with Crippen LogP contribution in [0.1, 0.15) is 15.9 Å². The van der Waals surface area contributed by atoms with E-state index in [2.05, 4.69) is 22.6 Å². The zero-order valence-corrected chi connectivity index (χ0v) is 11.8. The largest absolute Gasteiger partial charge is 0.489 e. The Bertz CT molecular complexity index is 569. The Hall–Kier alpha value is -1.56. The molecule has 18 heavy (non-hydrogen) atoms. The van der Waals surface area contributed by atoms with Crippen LogP contribution in [0.15, 0.2) is 48.5 Å². The van der Waals surface area contributed by atoms with Crippen molar-refractivity contribution in [2.45, 2.75) is 6.61 Å². The molecule has 0 radical (unpaired) electrons. The Kier molecular flexibility index (Phi) is 4.19. The van der Waals surface area contributed by atoms with Crippen molar-refractivity contribution in [3.8, 4) is 5.75 Å². The molecule has 0 aliphatic heterocycles. The number of primary amides is 1. The van der Waals surface area contributed by atoms with Gasteiger partial charge in [-0.2, -0.15) is 0 Å². The second-order valence-corrected chi connectivity index (χ2v) is 5.01. The van der Waals surface area contributed by atoms with Gasteiger partial charge >= 0.3 is 0 Å². The summed E-state index contributed by atoms with van der Waals surface area (Å²) in [6.45, 7) is 0.333. The van der Waals surface area contributed by atoms with Crippen molar-refractivity contribution in [2.24, 2.45) is 5.73 Å². The third kappa shape index (κ3) is 3.22. The molecule has 0 aliphatic rings. The van der Waals surface area contributed by atoms with E-state index in [4.69, 9.17) is 10.5 Å². The number of halogens is 1. The molecule has 2 N–H and O–H groups in total. The molecule has 2 aromatic carbocycles. The maximum absolute atomic E-state index is 11.3. The molecule has 4 heteroatoms. The molecule has 0 atom stereocenters. The molecular formula is C14H12INO2. The SMILES string of the molecule is NC(=O)c1ccccc1COc1cccc(I)c1. The fraction of sp³-hybridized carbons (Fsp3) is 0.0714. The summed E-state index contributed by atoms with van der Waals surface area (Å²) in [6, 6.07) is 14.9. The maximum atomic E-state index is 11.3. The van der Waals surface area contributed by atoms with Crippen LogP contribution in [0.5, 0.6) is 5.75 Å². The minimum Gasteiger partial charge on any atom is -0.489 e. The molecule has 0 fully saturated rings. The van der Waals surface area contributed by atoms with E-state index in [0.717, 1.165) is 14.9 Å². The molecule has 1 amide bonds. The van der Waals surface area contributed by atoms with Crippen LogP contribution in [-0.4, -0.2) is 5.91 Å². The van der Waals surface area contributed by atoms with E-state index in [1.54, 1.807) is 12.1 Å². The lowest BCUT2D eigenvalue weighted by molar-refractivity contribution is 0.0998. The fourth-order valence-electron chi connectivity index (χ4n) is 1.60. The predicted molar refractivity (Wildman–Crippen MR) is 78.5 cm³/mol. The zero-order valence-electron chi connectivity index (χ0n) is 9.60. The Balaban J connectivity index is 2.13. The number of benzene rings is 2. The number of rotatable bonds is 4. The Morgan fingerprint density at radius 2 is 1.94 bits per heavy atom. The van der Waals surface area contributed by atoms with Crippen LogP contribution in [0.25, 0.3) is 0 Å². The molecular weight excluding hydrogens is 341 g/mol. The van der Waals surface area contributed by atoms with E-state index >= 15 is 0 Å². The van der Waals surface area contributed by atoms with Gasteiger partial charge in [-0.25, -0.2) is 0 Å². The highest BCUT2D eigenvalue weighted by Crippen LogP contribution is 2.17. The van der Waals surface area contributed by atoms with E-state index in [1.165, 1.54) is 0 Å². The second kappa shape index (κ2) is 5.86. The highest BCUT2D eigenvalue weighted by atomic mass is 127. The van der Waals surface area contributed by atoms with Crippen LogP contribution in [0.2, 0.25) is 0 Å². The topological polar surface area (TPSA) is 52.3 Å². The van der Waals surface area contributed by atoms with Crippen molar-refractivity contribution in [2.75, 3.05) is 0 Å². The van der Waals surface area contributed by atoms with Crippen LogP contribution in [0.4, 0.5) is 0 Å². The van der Waals surface area contributed by atoms with Crippen molar-refractivity contribution < 1.29 is 9.53 Å². The smallest absolute Gasteiger partial charge is 0.249 e. The van der Waals surface area contributed by atoms with Gasteiger partial charge < -0.3 is 10.5 Å². The first-order valence-corrected chi connectivity index (χ1v) is 6.51. The second-order valence-electron chi connectivity index (χ2n) is 3.77. The number of hydrogen-bond acceptors (Lipinski definition) is 2. The van der Waals surface area contributed by atoms with E-state index in [9.17, 15) is 4.79 Å². The van der Waals surface area contributed by atoms with Gasteiger partial charge in [0.1, 0.15) is 12.4 Å². The molecule has 0 saturated carbocycles. The molecule has 92 valence electrons. The molecule has 2 rings (SSSR count). The van der Waals surface area contributed by atoms with Gasteiger partial charge in [0.15, 0.2) is 0 Å². The van der Waals surface area contributed by atoms with Crippen molar-refractivity contribution in [3.63, 3.8) is 0 Å². The van der Waals surface area contributed by atoms with Crippen LogP contribution < -0.4 is 10.5 Å². The summed E-state index contributed by atoms with van der Waals surface area (Å²) < 4.78 is 6.76. The van der Waals surface area contributed by atoms with E-state index < -0.39 is 5.91 Å². The van der Waals surface area contributed by atoms with Crippen LogP contribution >= 0.6 is 22.6 Å². The number of carbonyl (C=O) groups is 1. The first-order chi connectivity index (χ1) is 8.66. The van der Waals surface area contributed by atoms with Gasteiger partial charge in [0.05, 0.1) is 0 Å². The molecule has 0 aliphatic carbocycles. The zero-order chi connectivity index (χ0) is 13.0. The summed E-state index contributed by atoms with van der Waals surface area (Å²) in [5.41, 5.74) is 6.61. The van der Waals surface area contributed by atoms with Crippen LogP contribution in [0, 0.1) is 3.57 Å². The molecule has 0 spiro atoms. The lowest BCUT2D eigenvalue weighted by Crippen LogP contribution is -2.14. The Morgan fingerprint density at radius 1 is 1.17 bits per heavy atom. The van der Waals surface area contributed by atoms with Gasteiger partial charge in [-0.3, -0.25) is 4.79 Å². The third-order valence-corrected chi connectivity index (χ3v) is 3.14. The highest BCUT2D eigenvalue weighted by Gasteiger charge is 2.07. The lowest BCUT2D eigenvalue weighted by atomic mass is 10.1. The highest BCUT2D eigenvalue weighted by molar-refractivity contribution is 14.1. The van der Waals surface area contributed by atoms with Crippen LogP contribution in [-0.2, 0) is 6.61 Å². The van der Waals surface area contributed by atoms with E-state index in [0.29, 0.717) is 12.2 Å². The minimum absolute atomic E-state index is 0.333. The molecule has 3 nitrogen and oxygen atoms in total. The predicted octanol–water partition coefficient (Wildman–Crippen LogP) is 2.97. The third-order valence-electron chi connectivity index (χ3n) is 2.47. The van der Waals surface area contributed by atoms with Crippen molar-refractivity contribution in [1.82, 2.24) is 0 Å². The maximum Gasteiger partial charge on any atom is 0.249 e. The lowest BCUT2D eigenvalue weighted by Gasteiger charge is -2.09. The van der Waals surface area contributed by atoms with Crippen molar-refractivity contribution >= 4 is 28.5 Å². The summed E-state index contributed by atoms with van der Waals surface area (Å²) in [5.74, 6) is 0.345. The van der Waals surface area contributed by atoms with Gasteiger partial charge in [-0.15, -0.1) is 0 Å². The molecule has 2 aromatic rings. The first-order valence-electron chi connectivity index (χ1n) is 5.43. The summed E-state index contributed by atoms with van der Waals surface area (Å²) >= 11 is 2.22. The number of nitrogens with two attached hydrogens (primary N) is 1. The molecule has 0 aromatic heterocycles. The fourth-order valence-corrected chi connectivity index (χ4v) is 2.12. The summed E-state index contributed by atoms with van der Waals surface area (Å²) in [6.07, 6.45) is 0. The van der Waals surface area contributed by atoms with Gasteiger partial charge in [0.2, 0.25) is 5.91 Å². The monoisotopic (exact) mass is 353 g/mol. The minimum atomic E-state index is -0.433. The quantitative estimate of drug-likeness (QED) is 0.860. The number of carbonyl (C=O) groups excluding carboxylic acids is 1. The van der Waals surface area contributed by atoms with Gasteiger partial charge in [-0.05, 0) is 46.9 Å². The van der Waals surface area contributed by atoms with Gasteiger partial charge in [0, 0.05) is 14.7 Å². The Morgan fingerprint density at radius 3 is 2.67 bits per heavy atom. The van der Waals surface area contributed by atoms with E-state index in [1.807, 2.05) is 36.4 Å².